The SMILES string of the molecule is [C-]#[N+]C[C@H]1CN(c2nc(OC[C@@]34CCCN3C[C@H](F)C4)nc3c2CN(C)C2(CCCc4c(F)cccc42)C3)CCN1C(=O)C(=C)F. The predicted octanol–water partition coefficient (Wildman–Crippen LogP) is 4.21. The van der Waals surface area contributed by atoms with E-state index >= 15 is 4.39 Å². The minimum atomic E-state index is -1.04. The van der Waals surface area contributed by atoms with Crippen LogP contribution >= 0.6 is 0 Å². The van der Waals surface area contributed by atoms with Crippen molar-refractivity contribution >= 4 is 11.7 Å². The lowest BCUT2D eigenvalue weighted by atomic mass is 9.70. The number of likely N-dealkylation sites (N-methyl/N-ethyl adjacent to an activating group) is 1. The average molecular weight is 636 g/mol. The zero-order valence-corrected chi connectivity index (χ0v) is 26.3. The van der Waals surface area contributed by atoms with E-state index in [1.54, 1.807) is 6.07 Å². The van der Waals surface area contributed by atoms with E-state index in [0.29, 0.717) is 44.7 Å². The fourth-order valence-electron chi connectivity index (χ4n) is 8.83. The molecular formula is C34H40F3N7O2. The molecule has 3 fully saturated rings. The predicted molar refractivity (Wildman–Crippen MR) is 166 cm³/mol. The van der Waals surface area contributed by atoms with E-state index in [4.69, 9.17) is 21.3 Å². The van der Waals surface area contributed by atoms with Crippen LogP contribution in [0.2, 0.25) is 0 Å². The summed E-state index contributed by atoms with van der Waals surface area (Å²) in [5.41, 5.74) is 2.68. The highest BCUT2D eigenvalue weighted by molar-refractivity contribution is 5.91. The van der Waals surface area contributed by atoms with Gasteiger partial charge in [-0.3, -0.25) is 14.6 Å². The van der Waals surface area contributed by atoms with Gasteiger partial charge < -0.3 is 19.4 Å². The summed E-state index contributed by atoms with van der Waals surface area (Å²) in [6.07, 6.45) is 4.33. The molecule has 2 aromatic rings. The highest BCUT2D eigenvalue weighted by Gasteiger charge is 2.50. The summed E-state index contributed by atoms with van der Waals surface area (Å²) in [7, 11) is 2.06. The number of benzene rings is 1. The number of nitrogens with zero attached hydrogens (tertiary/aromatic N) is 7. The Morgan fingerprint density at radius 1 is 1.17 bits per heavy atom. The molecule has 1 spiro atoms. The fourth-order valence-corrected chi connectivity index (χ4v) is 8.83. The molecule has 5 aliphatic rings. The third kappa shape index (κ3) is 5.12. The molecule has 0 N–H and O–H groups in total. The van der Waals surface area contributed by atoms with Crippen molar-refractivity contribution in [1.29, 1.82) is 0 Å². The Labute approximate surface area is 267 Å². The Balaban J connectivity index is 1.26. The molecule has 0 radical (unpaired) electrons. The van der Waals surface area contributed by atoms with Crippen molar-refractivity contribution in [3.63, 3.8) is 0 Å². The maximum atomic E-state index is 15.0. The van der Waals surface area contributed by atoms with Crippen molar-refractivity contribution in [2.75, 3.05) is 57.8 Å². The van der Waals surface area contributed by atoms with E-state index in [2.05, 4.69) is 28.3 Å². The highest BCUT2D eigenvalue weighted by Crippen LogP contribution is 2.48. The smallest absolute Gasteiger partial charge is 0.318 e. The summed E-state index contributed by atoms with van der Waals surface area (Å²) in [4.78, 5) is 34.0. The van der Waals surface area contributed by atoms with Crippen LogP contribution in [0.1, 0.15) is 54.5 Å². The Morgan fingerprint density at radius 3 is 2.83 bits per heavy atom. The second kappa shape index (κ2) is 11.8. The molecule has 12 heteroatoms. The number of anilines is 1. The molecule has 9 nitrogen and oxygen atoms in total. The largest absolute Gasteiger partial charge is 0.461 e. The van der Waals surface area contributed by atoms with Crippen LogP contribution in [0.3, 0.4) is 0 Å². The van der Waals surface area contributed by atoms with Gasteiger partial charge in [-0.05, 0) is 62.9 Å². The molecule has 1 unspecified atom stereocenters. The van der Waals surface area contributed by atoms with Crippen LogP contribution in [0.5, 0.6) is 6.01 Å². The van der Waals surface area contributed by atoms with Crippen molar-refractivity contribution in [3.8, 4) is 6.01 Å². The molecule has 3 saturated heterocycles. The molecule has 0 bridgehead atoms. The standard InChI is InChI=1S/C34H40F3N7O2/c1-22(35)31(45)44-14-13-42(19-24(44)17-38-2)30-26-20-41(3)34(11-5-7-25-27(34)8-4-9-28(25)37)16-29(26)39-32(40-30)46-21-33-10-6-12-43(33)18-23(36)15-33/h4,8-9,23-24H,1,5-7,10-21H2,3H3/t23-,24+,33+,34?/m1/s1. The first-order valence-corrected chi connectivity index (χ1v) is 16.3. The lowest BCUT2D eigenvalue weighted by Crippen LogP contribution is -2.57. The Morgan fingerprint density at radius 2 is 2.02 bits per heavy atom. The zero-order valence-electron chi connectivity index (χ0n) is 26.3. The quantitative estimate of drug-likeness (QED) is 0.348. The molecular weight excluding hydrogens is 595 g/mol. The van der Waals surface area contributed by atoms with Gasteiger partial charge >= 0.3 is 6.01 Å². The number of ether oxygens (including phenoxy) is 1. The number of halogens is 3. The van der Waals surface area contributed by atoms with Crippen LogP contribution in [0, 0.1) is 12.4 Å². The number of hydrogen-bond donors (Lipinski definition) is 0. The number of amides is 1. The van der Waals surface area contributed by atoms with E-state index < -0.39 is 29.5 Å². The van der Waals surface area contributed by atoms with Crippen LogP contribution < -0.4 is 9.64 Å². The van der Waals surface area contributed by atoms with E-state index in [9.17, 15) is 13.6 Å². The molecule has 1 amide bonds. The number of aromatic nitrogens is 2. The fraction of sp³-hybridized carbons (Fsp3) is 0.588. The molecule has 4 atom stereocenters. The van der Waals surface area contributed by atoms with Crippen molar-refractivity contribution in [2.45, 2.75) is 74.8 Å². The topological polar surface area (TPSA) is 69.4 Å². The van der Waals surface area contributed by atoms with Gasteiger partial charge in [0.05, 0.1) is 16.8 Å². The van der Waals surface area contributed by atoms with Crippen LogP contribution in [0.15, 0.2) is 30.6 Å². The van der Waals surface area contributed by atoms with Gasteiger partial charge in [-0.15, -0.1) is 0 Å². The van der Waals surface area contributed by atoms with Gasteiger partial charge in [-0.25, -0.2) is 19.7 Å². The summed E-state index contributed by atoms with van der Waals surface area (Å²) in [5, 5.41) is 0. The van der Waals surface area contributed by atoms with Crippen molar-refractivity contribution in [2.24, 2.45) is 0 Å². The van der Waals surface area contributed by atoms with E-state index in [1.165, 1.54) is 11.0 Å². The summed E-state index contributed by atoms with van der Waals surface area (Å²) < 4.78 is 49.9. The number of rotatable bonds is 6. The maximum absolute atomic E-state index is 15.0. The zero-order chi connectivity index (χ0) is 32.2. The second-order valence-electron chi connectivity index (χ2n) is 13.6. The Hall–Kier alpha value is -3.69. The van der Waals surface area contributed by atoms with Gasteiger partial charge in [0, 0.05) is 51.1 Å². The van der Waals surface area contributed by atoms with Gasteiger partial charge in [0.15, 0.2) is 5.83 Å². The summed E-state index contributed by atoms with van der Waals surface area (Å²) >= 11 is 0. The van der Waals surface area contributed by atoms with E-state index in [1.807, 2.05) is 11.0 Å². The second-order valence-corrected chi connectivity index (χ2v) is 13.6. The van der Waals surface area contributed by atoms with Crippen molar-refractivity contribution in [3.05, 3.63) is 70.2 Å². The molecule has 46 heavy (non-hydrogen) atoms. The molecule has 1 aromatic heterocycles. The average Bonchev–Trinajstić information content (AvgIpc) is 3.56. The van der Waals surface area contributed by atoms with Gasteiger partial charge in [-0.1, -0.05) is 18.7 Å². The van der Waals surface area contributed by atoms with Crippen molar-refractivity contribution in [1.82, 2.24) is 24.7 Å². The first-order chi connectivity index (χ1) is 22.1. The van der Waals surface area contributed by atoms with E-state index in [-0.39, 0.29) is 43.6 Å². The molecule has 1 aliphatic carbocycles. The lowest BCUT2D eigenvalue weighted by molar-refractivity contribution is -0.131. The number of carbonyl (C=O) groups excluding carboxylic acids is 1. The Kier molecular flexibility index (Phi) is 7.96. The number of alkyl halides is 1. The molecule has 244 valence electrons. The molecule has 5 heterocycles. The number of piperazine rings is 1. The maximum Gasteiger partial charge on any atom is 0.318 e. The Bertz CT molecular complexity index is 1600. The molecule has 4 aliphatic heterocycles. The first kappa shape index (κ1) is 30.9. The van der Waals surface area contributed by atoms with Crippen molar-refractivity contribution < 1.29 is 22.7 Å². The summed E-state index contributed by atoms with van der Waals surface area (Å²) in [5.74, 6) is -1.36. The third-order valence-electron chi connectivity index (χ3n) is 11.1. The molecule has 0 saturated carbocycles. The van der Waals surface area contributed by atoms with Crippen LogP contribution in [0.4, 0.5) is 19.0 Å². The summed E-state index contributed by atoms with van der Waals surface area (Å²) in [6, 6.07) is 5.00. The highest BCUT2D eigenvalue weighted by atomic mass is 19.1. The minimum absolute atomic E-state index is 0.0142. The minimum Gasteiger partial charge on any atom is -0.461 e. The monoisotopic (exact) mass is 635 g/mol. The number of fused-ring (bicyclic) bond motifs is 4. The third-order valence-corrected chi connectivity index (χ3v) is 11.1. The molecule has 1 aromatic carbocycles. The van der Waals surface area contributed by atoms with Gasteiger partial charge in [0.2, 0.25) is 6.54 Å². The normalized spacial score (nSPS) is 29.3. The number of hydrogen-bond acceptors (Lipinski definition) is 7. The molecule has 7 rings (SSSR count). The van der Waals surface area contributed by atoms with E-state index in [0.717, 1.165) is 54.6 Å². The van der Waals surface area contributed by atoms with Crippen LogP contribution in [0.25, 0.3) is 4.85 Å². The van der Waals surface area contributed by atoms with Gasteiger partial charge in [0.1, 0.15) is 30.5 Å². The van der Waals surface area contributed by atoms with Gasteiger partial charge in [0.25, 0.3) is 5.91 Å². The van der Waals surface area contributed by atoms with Gasteiger partial charge in [-0.2, -0.15) is 9.97 Å². The number of carbonyl (C=O) groups is 1. The lowest BCUT2D eigenvalue weighted by Gasteiger charge is -2.50. The van der Waals surface area contributed by atoms with Crippen LogP contribution in [-0.4, -0.2) is 101 Å². The van der Waals surface area contributed by atoms with Crippen LogP contribution in [-0.2, 0) is 29.7 Å². The first-order valence-electron chi connectivity index (χ1n) is 16.3. The summed E-state index contributed by atoms with van der Waals surface area (Å²) in [6.45, 7) is 13.6.